The van der Waals surface area contributed by atoms with Crippen molar-refractivity contribution in [3.8, 4) is 6.07 Å². The molecule has 0 bridgehead atoms. The van der Waals surface area contributed by atoms with Crippen molar-refractivity contribution in [3.05, 3.63) is 32.7 Å². The first-order valence-electron chi connectivity index (χ1n) is 3.13. The minimum atomic E-state index is -0.244. The Bertz CT molecular complexity index is 309. The number of rotatable bonds is 1. The van der Waals surface area contributed by atoms with Crippen molar-refractivity contribution in [2.45, 2.75) is 4.83 Å². The van der Waals surface area contributed by atoms with Gasteiger partial charge in [-0.2, -0.15) is 5.26 Å². The van der Waals surface area contributed by atoms with Gasteiger partial charge in [0.2, 0.25) is 0 Å². The molecule has 0 N–H and O–H groups in total. The second-order valence-electron chi connectivity index (χ2n) is 2.19. The first-order chi connectivity index (χ1) is 5.63. The largest absolute Gasteiger partial charge is 0.197 e. The van der Waals surface area contributed by atoms with Gasteiger partial charge in [-0.05, 0) is 23.8 Å². The fourth-order valence-corrected chi connectivity index (χ4v) is 2.39. The molecule has 0 saturated heterocycles. The standard InChI is InChI=1S/C8H4Br3N/c9-6-1-5(8(11)4-12)2-7(10)3-6/h1-3,8H. The molecule has 62 valence electrons. The molecule has 0 aliphatic carbocycles. The summed E-state index contributed by atoms with van der Waals surface area (Å²) in [6, 6.07) is 7.86. The Morgan fingerprint density at radius 3 is 2.08 bits per heavy atom. The van der Waals surface area contributed by atoms with Crippen molar-refractivity contribution in [1.82, 2.24) is 0 Å². The van der Waals surface area contributed by atoms with Crippen LogP contribution in [0.15, 0.2) is 27.1 Å². The van der Waals surface area contributed by atoms with E-state index in [1.807, 2.05) is 18.2 Å². The summed E-state index contributed by atoms with van der Waals surface area (Å²) in [5, 5.41) is 8.64. The molecular weight excluding hydrogens is 350 g/mol. The van der Waals surface area contributed by atoms with Gasteiger partial charge in [-0.1, -0.05) is 47.8 Å². The highest BCUT2D eigenvalue weighted by Gasteiger charge is 2.06. The highest BCUT2D eigenvalue weighted by Crippen LogP contribution is 2.28. The second kappa shape index (κ2) is 4.40. The van der Waals surface area contributed by atoms with E-state index in [0.29, 0.717) is 0 Å². The third-order valence-corrected chi connectivity index (χ3v) is 2.94. The van der Waals surface area contributed by atoms with E-state index in [0.717, 1.165) is 14.5 Å². The lowest BCUT2D eigenvalue weighted by Gasteiger charge is -2.02. The average molecular weight is 354 g/mol. The van der Waals surface area contributed by atoms with E-state index in [2.05, 4.69) is 53.9 Å². The van der Waals surface area contributed by atoms with Gasteiger partial charge in [-0.15, -0.1) is 0 Å². The molecule has 0 saturated carbocycles. The lowest BCUT2D eigenvalue weighted by molar-refractivity contribution is 1.24. The molecular formula is C8H4Br3N. The summed E-state index contributed by atoms with van der Waals surface area (Å²) in [6.07, 6.45) is 0. The molecule has 0 radical (unpaired) electrons. The normalized spacial score (nSPS) is 12.2. The first kappa shape index (κ1) is 10.2. The first-order valence-corrected chi connectivity index (χ1v) is 5.63. The van der Waals surface area contributed by atoms with Crippen LogP contribution in [0, 0.1) is 11.3 Å². The van der Waals surface area contributed by atoms with E-state index >= 15 is 0 Å². The van der Waals surface area contributed by atoms with Crippen molar-refractivity contribution < 1.29 is 0 Å². The lowest BCUT2D eigenvalue weighted by Crippen LogP contribution is -1.85. The molecule has 1 atom stereocenters. The molecule has 0 spiro atoms. The fourth-order valence-electron chi connectivity index (χ4n) is 0.796. The quantitative estimate of drug-likeness (QED) is 0.695. The number of alkyl halides is 1. The van der Waals surface area contributed by atoms with Crippen molar-refractivity contribution in [3.63, 3.8) is 0 Å². The molecule has 1 nitrogen and oxygen atoms in total. The zero-order chi connectivity index (χ0) is 9.14. The van der Waals surface area contributed by atoms with Gasteiger partial charge >= 0.3 is 0 Å². The monoisotopic (exact) mass is 351 g/mol. The molecule has 0 fully saturated rings. The Morgan fingerprint density at radius 2 is 1.67 bits per heavy atom. The zero-order valence-corrected chi connectivity index (χ0v) is 10.6. The van der Waals surface area contributed by atoms with E-state index in [9.17, 15) is 0 Å². The second-order valence-corrected chi connectivity index (χ2v) is 4.94. The van der Waals surface area contributed by atoms with Crippen molar-refractivity contribution in [1.29, 1.82) is 5.26 Å². The van der Waals surface area contributed by atoms with Crippen LogP contribution in [0.3, 0.4) is 0 Å². The van der Waals surface area contributed by atoms with Crippen molar-refractivity contribution in [2.75, 3.05) is 0 Å². The SMILES string of the molecule is N#CC(Br)c1cc(Br)cc(Br)c1. The summed E-state index contributed by atoms with van der Waals surface area (Å²) in [6.45, 7) is 0. The maximum atomic E-state index is 8.64. The molecule has 0 amide bonds. The minimum Gasteiger partial charge on any atom is -0.197 e. The summed E-state index contributed by atoms with van der Waals surface area (Å²) in [4.78, 5) is -0.244. The van der Waals surface area contributed by atoms with E-state index in [-0.39, 0.29) is 4.83 Å². The summed E-state index contributed by atoms with van der Waals surface area (Å²) < 4.78 is 1.93. The van der Waals surface area contributed by atoms with E-state index in [1.165, 1.54) is 0 Å². The summed E-state index contributed by atoms with van der Waals surface area (Å²) in [5.74, 6) is 0. The smallest absolute Gasteiger partial charge is 0.126 e. The van der Waals surface area contributed by atoms with Gasteiger partial charge in [0.25, 0.3) is 0 Å². The van der Waals surface area contributed by atoms with Gasteiger partial charge in [-0.3, -0.25) is 0 Å². The third kappa shape index (κ3) is 2.58. The van der Waals surface area contributed by atoms with Crippen LogP contribution >= 0.6 is 47.8 Å². The maximum absolute atomic E-state index is 8.64. The van der Waals surface area contributed by atoms with Gasteiger partial charge in [0, 0.05) is 8.95 Å². The van der Waals surface area contributed by atoms with Gasteiger partial charge in [0.05, 0.1) is 6.07 Å². The van der Waals surface area contributed by atoms with Crippen LogP contribution < -0.4 is 0 Å². The number of nitriles is 1. The molecule has 0 heterocycles. The van der Waals surface area contributed by atoms with Crippen LogP contribution in [-0.2, 0) is 0 Å². The molecule has 4 heteroatoms. The summed E-state index contributed by atoms with van der Waals surface area (Å²) in [7, 11) is 0. The molecule has 0 aliphatic rings. The molecule has 1 unspecified atom stereocenters. The Hall–Kier alpha value is 0.150. The topological polar surface area (TPSA) is 23.8 Å². The zero-order valence-electron chi connectivity index (χ0n) is 5.89. The molecule has 1 aromatic rings. The Labute approximate surface area is 96.2 Å². The molecule has 0 aliphatic heterocycles. The molecule has 0 aromatic heterocycles. The number of benzene rings is 1. The van der Waals surface area contributed by atoms with E-state index in [1.54, 1.807) is 0 Å². The lowest BCUT2D eigenvalue weighted by atomic mass is 10.2. The summed E-state index contributed by atoms with van der Waals surface area (Å²) in [5.41, 5.74) is 0.943. The molecule has 1 rings (SSSR count). The summed E-state index contributed by atoms with van der Waals surface area (Å²) >= 11 is 9.95. The van der Waals surface area contributed by atoms with Crippen molar-refractivity contribution >= 4 is 47.8 Å². The van der Waals surface area contributed by atoms with Crippen molar-refractivity contribution in [2.24, 2.45) is 0 Å². The molecule has 12 heavy (non-hydrogen) atoms. The van der Waals surface area contributed by atoms with Crippen LogP contribution in [0.25, 0.3) is 0 Å². The van der Waals surface area contributed by atoms with E-state index < -0.39 is 0 Å². The number of hydrogen-bond donors (Lipinski definition) is 0. The van der Waals surface area contributed by atoms with Gasteiger partial charge < -0.3 is 0 Å². The van der Waals surface area contributed by atoms with Gasteiger partial charge in [0.1, 0.15) is 4.83 Å². The predicted molar refractivity (Wildman–Crippen MR) is 59.1 cm³/mol. The van der Waals surface area contributed by atoms with Gasteiger partial charge in [0.15, 0.2) is 0 Å². The maximum Gasteiger partial charge on any atom is 0.126 e. The van der Waals surface area contributed by atoms with Crippen LogP contribution in [0.5, 0.6) is 0 Å². The number of hydrogen-bond acceptors (Lipinski definition) is 1. The Balaban J connectivity index is 3.10. The Morgan fingerprint density at radius 1 is 1.17 bits per heavy atom. The van der Waals surface area contributed by atoms with Crippen LogP contribution in [-0.4, -0.2) is 0 Å². The number of nitrogens with zero attached hydrogens (tertiary/aromatic N) is 1. The van der Waals surface area contributed by atoms with Crippen LogP contribution in [0.4, 0.5) is 0 Å². The van der Waals surface area contributed by atoms with Crippen LogP contribution in [0.2, 0.25) is 0 Å². The number of halogens is 3. The highest BCUT2D eigenvalue weighted by molar-refractivity contribution is 9.11. The van der Waals surface area contributed by atoms with Crippen LogP contribution in [0.1, 0.15) is 10.4 Å². The Kier molecular flexibility index (Phi) is 3.76. The predicted octanol–water partition coefficient (Wildman–Crippen LogP) is 4.17. The third-order valence-electron chi connectivity index (χ3n) is 1.29. The van der Waals surface area contributed by atoms with Gasteiger partial charge in [-0.25, -0.2) is 0 Å². The van der Waals surface area contributed by atoms with E-state index in [4.69, 9.17) is 5.26 Å². The molecule has 1 aromatic carbocycles. The fraction of sp³-hybridized carbons (Fsp3) is 0.125. The minimum absolute atomic E-state index is 0.244. The highest BCUT2D eigenvalue weighted by atomic mass is 79.9. The average Bonchev–Trinajstić information content (AvgIpc) is 2.01.